The lowest BCUT2D eigenvalue weighted by Crippen LogP contribution is -2.09. The first-order valence-corrected chi connectivity index (χ1v) is 17.7. The summed E-state index contributed by atoms with van der Waals surface area (Å²) in [6.45, 7) is 0. The molecule has 4 aromatic heterocycles. The normalized spacial score (nSPS) is 11.9. The van der Waals surface area contributed by atoms with Crippen molar-refractivity contribution in [2.24, 2.45) is 0 Å². The maximum absolute atomic E-state index is 4.90. The van der Waals surface area contributed by atoms with Gasteiger partial charge < -0.3 is 4.90 Å². The highest BCUT2D eigenvalue weighted by Crippen LogP contribution is 2.43. The predicted octanol–water partition coefficient (Wildman–Crippen LogP) is 13.3. The van der Waals surface area contributed by atoms with Crippen LogP contribution in [0, 0.1) is 0 Å². The average molecular weight is 641 g/mol. The van der Waals surface area contributed by atoms with Gasteiger partial charge in [-0.3, -0.25) is 4.98 Å². The van der Waals surface area contributed by atoms with Gasteiger partial charge >= 0.3 is 0 Å². The van der Waals surface area contributed by atoms with E-state index in [1.165, 1.54) is 60.5 Å². The Morgan fingerprint density at radius 3 is 1.35 bits per heavy atom. The van der Waals surface area contributed by atoms with Crippen molar-refractivity contribution in [3.05, 3.63) is 146 Å². The number of rotatable bonds is 4. The van der Waals surface area contributed by atoms with Crippen molar-refractivity contribution in [2.45, 2.75) is 0 Å². The van der Waals surface area contributed by atoms with E-state index < -0.39 is 0 Å². The number of fused-ring (bicyclic) bond motifs is 9. The molecule has 0 amide bonds. The highest BCUT2D eigenvalue weighted by Gasteiger charge is 2.17. The monoisotopic (exact) mass is 640 g/mol. The van der Waals surface area contributed by atoms with E-state index in [2.05, 4.69) is 144 Å². The number of hydrogen-bond acceptors (Lipinski definition) is 5. The summed E-state index contributed by atoms with van der Waals surface area (Å²) in [5.41, 5.74) is 5.53. The van der Waals surface area contributed by atoms with Gasteiger partial charge in [0, 0.05) is 89.3 Å². The molecule has 0 aliphatic rings. The van der Waals surface area contributed by atoms with Crippen LogP contribution in [-0.2, 0) is 0 Å². The third-order valence-corrected chi connectivity index (χ3v) is 12.3. The lowest BCUT2D eigenvalue weighted by atomic mass is 10.1. The van der Waals surface area contributed by atoms with E-state index in [9.17, 15) is 0 Å². The molecule has 10 rings (SSSR count). The third-order valence-electron chi connectivity index (χ3n) is 8.93. The highest BCUT2D eigenvalue weighted by atomic mass is 32.1. The van der Waals surface area contributed by atoms with Gasteiger partial charge in [0.05, 0.1) is 5.69 Å². The van der Waals surface area contributed by atoms with Crippen molar-refractivity contribution in [1.29, 1.82) is 0 Å². The average Bonchev–Trinajstić information content (AvgIpc) is 3.79. The van der Waals surface area contributed by atoms with E-state index in [0.29, 0.717) is 0 Å². The van der Waals surface area contributed by atoms with Crippen molar-refractivity contribution in [2.75, 3.05) is 4.90 Å². The summed E-state index contributed by atoms with van der Waals surface area (Å²) in [5.74, 6) is 0. The van der Waals surface area contributed by atoms with Crippen molar-refractivity contribution in [3.63, 3.8) is 0 Å². The van der Waals surface area contributed by atoms with Crippen LogP contribution in [0.1, 0.15) is 0 Å². The Morgan fingerprint density at radius 2 is 0.804 bits per heavy atom. The van der Waals surface area contributed by atoms with Crippen LogP contribution in [0.25, 0.3) is 71.8 Å². The molecule has 4 heterocycles. The molecule has 0 fully saturated rings. The molecule has 5 heteroatoms. The summed E-state index contributed by atoms with van der Waals surface area (Å²) in [5, 5.41) is 7.75. The van der Waals surface area contributed by atoms with Gasteiger partial charge in [-0.1, -0.05) is 78.9 Å². The smallest absolute Gasteiger partial charge is 0.0716 e. The molecule has 46 heavy (non-hydrogen) atoms. The molecule has 0 bridgehead atoms. The number of hydrogen-bond donors (Lipinski definition) is 0. The van der Waals surface area contributed by atoms with Crippen LogP contribution in [0.2, 0.25) is 0 Å². The van der Waals surface area contributed by atoms with Gasteiger partial charge in [0.15, 0.2) is 0 Å². The number of anilines is 3. The first-order valence-electron chi connectivity index (χ1n) is 15.3. The zero-order chi connectivity index (χ0) is 30.2. The topological polar surface area (TPSA) is 16.1 Å². The van der Waals surface area contributed by atoms with E-state index in [1.54, 1.807) is 0 Å². The lowest BCUT2D eigenvalue weighted by molar-refractivity contribution is 1.29. The van der Waals surface area contributed by atoms with Crippen LogP contribution in [0.3, 0.4) is 0 Å². The van der Waals surface area contributed by atoms with Crippen LogP contribution >= 0.6 is 34.0 Å². The Labute approximate surface area is 277 Å². The first kappa shape index (κ1) is 26.2. The largest absolute Gasteiger partial charge is 0.310 e. The molecule has 0 aliphatic heterocycles. The molecule has 0 radical (unpaired) electrons. The molecule has 2 nitrogen and oxygen atoms in total. The zero-order valence-corrected chi connectivity index (χ0v) is 26.9. The van der Waals surface area contributed by atoms with E-state index in [0.717, 1.165) is 28.3 Å². The van der Waals surface area contributed by atoms with Crippen molar-refractivity contribution >= 4 is 112 Å². The molecule has 10 aromatic rings. The summed E-state index contributed by atoms with van der Waals surface area (Å²) in [4.78, 5) is 7.28. The summed E-state index contributed by atoms with van der Waals surface area (Å²) in [6.07, 6.45) is 2.03. The predicted molar refractivity (Wildman–Crippen MR) is 203 cm³/mol. The molecule has 6 aromatic carbocycles. The third kappa shape index (κ3) is 4.10. The maximum atomic E-state index is 4.90. The molecule has 0 saturated heterocycles. The maximum Gasteiger partial charge on any atom is 0.0716 e. The fourth-order valence-corrected chi connectivity index (χ4v) is 10.1. The fourth-order valence-electron chi connectivity index (χ4n) is 6.71. The Kier molecular flexibility index (Phi) is 5.82. The van der Waals surface area contributed by atoms with Crippen molar-refractivity contribution in [3.8, 4) is 11.3 Å². The molecular weight excluding hydrogens is 617 g/mol. The number of pyridine rings is 1. The van der Waals surface area contributed by atoms with Gasteiger partial charge in [-0.2, -0.15) is 0 Å². The Balaban J connectivity index is 1.11. The first-order chi connectivity index (χ1) is 22.8. The summed E-state index contributed by atoms with van der Waals surface area (Å²) < 4.78 is 7.80. The SMILES string of the molecule is c1ccc2c(c1)sc1cc(N(c3ccc(-c4cc5sc6ccccc6c5cn4)cc3)c3ccc4c(c3)sc3ccccc34)ccc12. The van der Waals surface area contributed by atoms with E-state index >= 15 is 0 Å². The Morgan fingerprint density at radius 1 is 0.370 bits per heavy atom. The summed E-state index contributed by atoms with van der Waals surface area (Å²) in [6, 6.07) is 50.9. The van der Waals surface area contributed by atoms with Crippen LogP contribution in [0.15, 0.2) is 146 Å². The second kappa shape index (κ2) is 10.2. The van der Waals surface area contributed by atoms with Crippen LogP contribution in [0.4, 0.5) is 17.1 Å². The highest BCUT2D eigenvalue weighted by molar-refractivity contribution is 7.26. The van der Waals surface area contributed by atoms with Gasteiger partial charge in [-0.25, -0.2) is 0 Å². The molecule has 0 atom stereocenters. The molecule has 216 valence electrons. The molecule has 0 spiro atoms. The van der Waals surface area contributed by atoms with Gasteiger partial charge in [0.1, 0.15) is 0 Å². The second-order valence-corrected chi connectivity index (χ2v) is 14.9. The number of thiophene rings is 3. The second-order valence-electron chi connectivity index (χ2n) is 11.6. The molecule has 0 N–H and O–H groups in total. The van der Waals surface area contributed by atoms with E-state index in [-0.39, 0.29) is 0 Å². The van der Waals surface area contributed by atoms with Gasteiger partial charge in [-0.15, -0.1) is 34.0 Å². The molecule has 0 unspecified atom stereocenters. The fraction of sp³-hybridized carbons (Fsp3) is 0. The molecule has 0 aliphatic carbocycles. The minimum Gasteiger partial charge on any atom is -0.310 e. The van der Waals surface area contributed by atoms with Crippen LogP contribution in [-0.4, -0.2) is 4.98 Å². The van der Waals surface area contributed by atoms with Crippen molar-refractivity contribution < 1.29 is 0 Å². The van der Waals surface area contributed by atoms with E-state index in [4.69, 9.17) is 4.98 Å². The number of benzene rings is 6. The molecule has 0 saturated carbocycles. The molecular formula is C41H24N2S3. The summed E-state index contributed by atoms with van der Waals surface area (Å²) >= 11 is 5.55. The zero-order valence-electron chi connectivity index (χ0n) is 24.5. The van der Waals surface area contributed by atoms with Gasteiger partial charge in [-0.05, 0) is 60.7 Å². The van der Waals surface area contributed by atoms with Gasteiger partial charge in [0.2, 0.25) is 0 Å². The van der Waals surface area contributed by atoms with Gasteiger partial charge in [0.25, 0.3) is 0 Å². The minimum atomic E-state index is 0.996. The Hall–Kier alpha value is -5.07. The quantitative estimate of drug-likeness (QED) is 0.190. The Bertz CT molecular complexity index is 2650. The minimum absolute atomic E-state index is 0.996. The number of nitrogens with zero attached hydrogens (tertiary/aromatic N) is 2. The lowest BCUT2D eigenvalue weighted by Gasteiger charge is -2.26. The van der Waals surface area contributed by atoms with E-state index in [1.807, 2.05) is 40.2 Å². The number of aromatic nitrogens is 1. The standard InChI is InChI=1S/C41H24N2S3/c1-4-10-36-29(7-1)32-19-17-27(21-39(32)44-36)43(28-18-20-33-30-8-2-5-11-37(30)45-40(33)22-28)26-15-13-25(14-16-26)35-23-41-34(24-42-35)31-9-3-6-12-38(31)46-41/h1-24H. The van der Waals surface area contributed by atoms with Crippen LogP contribution in [0.5, 0.6) is 0 Å². The van der Waals surface area contributed by atoms with Crippen molar-refractivity contribution in [1.82, 2.24) is 4.98 Å². The summed E-state index contributed by atoms with van der Waals surface area (Å²) in [7, 11) is 0. The van der Waals surface area contributed by atoms with Crippen LogP contribution < -0.4 is 4.90 Å².